The van der Waals surface area contributed by atoms with Crippen molar-refractivity contribution in [3.63, 3.8) is 0 Å². The second-order valence-corrected chi connectivity index (χ2v) is 7.56. The average Bonchev–Trinajstić information content (AvgIpc) is 2.73. The number of aryl methyl sites for hydroxylation is 1. The summed E-state index contributed by atoms with van der Waals surface area (Å²) in [6.07, 6.45) is 2.87. The third-order valence-corrected chi connectivity index (χ3v) is 5.56. The number of nitrogens with zero attached hydrogens (tertiary/aromatic N) is 2. The molecular weight excluding hydrogens is 370 g/mol. The molecule has 2 aromatic rings. The van der Waals surface area contributed by atoms with Crippen LogP contribution in [0.1, 0.15) is 42.1 Å². The van der Waals surface area contributed by atoms with Gasteiger partial charge in [0.15, 0.2) is 11.5 Å². The second-order valence-electron chi connectivity index (χ2n) is 7.56. The Morgan fingerprint density at radius 3 is 2.48 bits per heavy atom. The molecule has 1 aromatic heterocycles. The van der Waals surface area contributed by atoms with Crippen LogP contribution in [0.15, 0.2) is 36.5 Å². The fraction of sp³-hybridized carbons (Fsp3) is 0.455. The van der Waals surface area contributed by atoms with E-state index in [2.05, 4.69) is 4.98 Å². The number of methoxy groups -OCH3 is 2. The lowest BCUT2D eigenvalue weighted by molar-refractivity contribution is -0.136. The highest BCUT2D eigenvalue weighted by molar-refractivity contribution is 5.77. The van der Waals surface area contributed by atoms with Gasteiger partial charge in [0.2, 0.25) is 5.91 Å². The van der Waals surface area contributed by atoms with Crippen molar-refractivity contribution in [3.8, 4) is 11.5 Å². The van der Waals surface area contributed by atoms with Crippen LogP contribution < -0.4 is 15.2 Å². The summed E-state index contributed by atoms with van der Waals surface area (Å²) < 4.78 is 10.6. The Hall–Kier alpha value is -2.64. The maximum Gasteiger partial charge on any atom is 0.224 e. The molecule has 0 radical (unpaired) electrons. The summed E-state index contributed by atoms with van der Waals surface area (Å²) >= 11 is 0. The Labute approximate surface area is 171 Å². The first-order valence-corrected chi connectivity index (χ1v) is 9.77. The molecule has 1 unspecified atom stereocenters. The van der Waals surface area contributed by atoms with Crippen molar-refractivity contribution in [3.05, 3.63) is 53.3 Å². The third kappa shape index (κ3) is 4.68. The van der Waals surface area contributed by atoms with Crippen LogP contribution in [0.4, 0.5) is 0 Å². The first-order chi connectivity index (χ1) is 13.9. The molecule has 0 bridgehead atoms. The van der Waals surface area contributed by atoms with Gasteiger partial charge in [-0.2, -0.15) is 0 Å². The van der Waals surface area contributed by atoms with Crippen LogP contribution in [-0.2, 0) is 10.4 Å². The molecule has 2 heterocycles. The maximum absolute atomic E-state index is 12.7. The van der Waals surface area contributed by atoms with Crippen molar-refractivity contribution in [2.24, 2.45) is 5.73 Å². The van der Waals surface area contributed by atoms with E-state index in [1.807, 2.05) is 25.1 Å². The van der Waals surface area contributed by atoms with E-state index < -0.39 is 11.6 Å². The minimum absolute atomic E-state index is 0.0220. The van der Waals surface area contributed by atoms with Crippen LogP contribution in [0, 0.1) is 6.92 Å². The lowest BCUT2D eigenvalue weighted by Gasteiger charge is -2.38. The van der Waals surface area contributed by atoms with E-state index in [9.17, 15) is 9.90 Å². The van der Waals surface area contributed by atoms with Gasteiger partial charge in [0.05, 0.1) is 19.9 Å². The smallest absolute Gasteiger partial charge is 0.224 e. The van der Waals surface area contributed by atoms with Crippen molar-refractivity contribution in [1.82, 2.24) is 9.88 Å². The van der Waals surface area contributed by atoms with Gasteiger partial charge in [0.25, 0.3) is 0 Å². The molecule has 1 aromatic carbocycles. The minimum Gasteiger partial charge on any atom is -0.493 e. The number of carbonyl (C=O) groups excluding carboxylic acids is 1. The van der Waals surface area contributed by atoms with E-state index in [-0.39, 0.29) is 12.3 Å². The normalized spacial score (nSPS) is 16.9. The summed E-state index contributed by atoms with van der Waals surface area (Å²) in [7, 11) is 3.14. The SMILES string of the molecule is COc1ccc(C(N)CC(=O)N2CCC(O)(c3ccc(C)cn3)CC2)cc1OC. The Kier molecular flexibility index (Phi) is 6.39. The molecule has 1 amide bonds. The number of ether oxygens (including phenoxy) is 2. The third-order valence-electron chi connectivity index (χ3n) is 5.56. The van der Waals surface area contributed by atoms with Gasteiger partial charge in [-0.3, -0.25) is 9.78 Å². The molecule has 1 fully saturated rings. The van der Waals surface area contributed by atoms with Gasteiger partial charge in [-0.15, -0.1) is 0 Å². The molecule has 156 valence electrons. The number of aromatic nitrogens is 1. The zero-order valence-electron chi connectivity index (χ0n) is 17.2. The Bertz CT molecular complexity index is 846. The van der Waals surface area contributed by atoms with Crippen LogP contribution in [0.2, 0.25) is 0 Å². The summed E-state index contributed by atoms with van der Waals surface area (Å²) in [6, 6.07) is 8.79. The van der Waals surface area contributed by atoms with Crippen molar-refractivity contribution in [2.75, 3.05) is 27.3 Å². The first kappa shape index (κ1) is 21.1. The number of piperidine rings is 1. The number of hydrogen-bond acceptors (Lipinski definition) is 6. The highest BCUT2D eigenvalue weighted by Gasteiger charge is 2.36. The summed E-state index contributed by atoms with van der Waals surface area (Å²) in [5.74, 6) is 1.18. The summed E-state index contributed by atoms with van der Waals surface area (Å²) in [6.45, 7) is 2.91. The van der Waals surface area contributed by atoms with Gasteiger partial charge < -0.3 is 25.2 Å². The monoisotopic (exact) mass is 399 g/mol. The molecule has 0 saturated carbocycles. The lowest BCUT2D eigenvalue weighted by Crippen LogP contribution is -2.46. The summed E-state index contributed by atoms with van der Waals surface area (Å²) in [4.78, 5) is 18.9. The predicted octanol–water partition coefficient (Wildman–Crippen LogP) is 2.31. The molecule has 3 N–H and O–H groups in total. The predicted molar refractivity (Wildman–Crippen MR) is 110 cm³/mol. The number of pyridine rings is 1. The zero-order chi connectivity index (χ0) is 21.0. The standard InChI is InChI=1S/C22H29N3O4/c1-15-4-7-20(24-14-15)22(27)8-10-25(11-9-22)21(26)13-17(23)16-5-6-18(28-2)19(12-16)29-3/h4-7,12,14,17,27H,8-11,13,23H2,1-3H3. The largest absolute Gasteiger partial charge is 0.493 e. The number of likely N-dealkylation sites (tertiary alicyclic amines) is 1. The van der Waals surface area contributed by atoms with E-state index in [1.54, 1.807) is 37.4 Å². The van der Waals surface area contributed by atoms with E-state index in [0.29, 0.717) is 43.1 Å². The molecule has 1 aliphatic heterocycles. The Morgan fingerprint density at radius 2 is 1.90 bits per heavy atom. The van der Waals surface area contributed by atoms with Crippen LogP contribution in [0.5, 0.6) is 11.5 Å². The first-order valence-electron chi connectivity index (χ1n) is 9.77. The molecular formula is C22H29N3O4. The summed E-state index contributed by atoms with van der Waals surface area (Å²) in [5.41, 5.74) is 7.81. The molecule has 7 nitrogen and oxygen atoms in total. The topological polar surface area (TPSA) is 97.9 Å². The molecule has 7 heteroatoms. The number of benzene rings is 1. The molecule has 1 saturated heterocycles. The van der Waals surface area contributed by atoms with E-state index in [0.717, 1.165) is 11.1 Å². The second kappa shape index (κ2) is 8.80. The average molecular weight is 399 g/mol. The van der Waals surface area contributed by atoms with Crippen LogP contribution in [0.3, 0.4) is 0 Å². The molecule has 0 spiro atoms. The number of hydrogen-bond donors (Lipinski definition) is 2. The molecule has 29 heavy (non-hydrogen) atoms. The molecule has 1 aliphatic rings. The van der Waals surface area contributed by atoms with Gasteiger partial charge in [0.1, 0.15) is 5.60 Å². The summed E-state index contributed by atoms with van der Waals surface area (Å²) in [5, 5.41) is 10.9. The van der Waals surface area contributed by atoms with Crippen molar-refractivity contribution in [1.29, 1.82) is 0 Å². The zero-order valence-corrected chi connectivity index (χ0v) is 17.2. The number of aliphatic hydroxyl groups is 1. The fourth-order valence-corrected chi connectivity index (χ4v) is 3.64. The van der Waals surface area contributed by atoms with Crippen LogP contribution in [0.25, 0.3) is 0 Å². The number of nitrogens with two attached hydrogens (primary N) is 1. The number of amides is 1. The maximum atomic E-state index is 12.7. The van der Waals surface area contributed by atoms with Crippen molar-refractivity contribution < 1.29 is 19.4 Å². The molecule has 3 rings (SSSR count). The van der Waals surface area contributed by atoms with Gasteiger partial charge in [-0.1, -0.05) is 12.1 Å². The van der Waals surface area contributed by atoms with Crippen LogP contribution in [-0.4, -0.2) is 48.2 Å². The van der Waals surface area contributed by atoms with E-state index in [1.165, 1.54) is 0 Å². The fourth-order valence-electron chi connectivity index (χ4n) is 3.64. The minimum atomic E-state index is -0.990. The highest BCUT2D eigenvalue weighted by atomic mass is 16.5. The van der Waals surface area contributed by atoms with E-state index in [4.69, 9.17) is 15.2 Å². The molecule has 1 atom stereocenters. The van der Waals surface area contributed by atoms with Gasteiger partial charge in [0, 0.05) is 31.7 Å². The van der Waals surface area contributed by atoms with Gasteiger partial charge >= 0.3 is 0 Å². The van der Waals surface area contributed by atoms with Crippen LogP contribution >= 0.6 is 0 Å². The van der Waals surface area contributed by atoms with Gasteiger partial charge in [-0.25, -0.2) is 0 Å². The van der Waals surface area contributed by atoms with Crippen molar-refractivity contribution in [2.45, 2.75) is 37.8 Å². The van der Waals surface area contributed by atoms with Gasteiger partial charge in [-0.05, 0) is 49.1 Å². The number of carbonyl (C=O) groups is 1. The molecule has 0 aliphatic carbocycles. The quantitative estimate of drug-likeness (QED) is 0.774. The van der Waals surface area contributed by atoms with Crippen molar-refractivity contribution >= 4 is 5.91 Å². The lowest BCUT2D eigenvalue weighted by atomic mass is 9.87. The Balaban J connectivity index is 1.60. The Morgan fingerprint density at radius 1 is 1.21 bits per heavy atom. The van der Waals surface area contributed by atoms with E-state index >= 15 is 0 Å². The highest BCUT2D eigenvalue weighted by Crippen LogP contribution is 2.33. The number of rotatable bonds is 6.